The van der Waals surface area contributed by atoms with Gasteiger partial charge in [-0.05, 0) is 44.6 Å². The van der Waals surface area contributed by atoms with Gasteiger partial charge in [0.15, 0.2) is 0 Å². The van der Waals surface area contributed by atoms with E-state index in [9.17, 15) is 8.42 Å². The summed E-state index contributed by atoms with van der Waals surface area (Å²) in [7, 11) is -1.28. The minimum atomic E-state index is -3.33. The molecule has 0 spiro atoms. The molecule has 3 aliphatic rings. The molecule has 164 valence electrons. The molecule has 0 radical (unpaired) electrons. The summed E-state index contributed by atoms with van der Waals surface area (Å²) < 4.78 is 39.3. The van der Waals surface area contributed by atoms with Gasteiger partial charge in [-0.25, -0.2) is 13.4 Å². The summed E-state index contributed by atoms with van der Waals surface area (Å²) in [5.41, 5.74) is 0.990. The minimum absolute atomic E-state index is 0.0709. The lowest BCUT2D eigenvalue weighted by atomic mass is 9.89. The van der Waals surface area contributed by atoms with Crippen LogP contribution in [0.5, 0.6) is 0 Å². The predicted molar refractivity (Wildman–Crippen MR) is 110 cm³/mol. The van der Waals surface area contributed by atoms with Crippen molar-refractivity contribution in [2.45, 2.75) is 69.3 Å². The second-order valence-corrected chi connectivity index (χ2v) is 11.1. The molecule has 0 unspecified atom stereocenters. The molecule has 2 saturated carbocycles. The van der Waals surface area contributed by atoms with Crippen molar-refractivity contribution in [2.75, 3.05) is 39.2 Å². The van der Waals surface area contributed by atoms with E-state index in [0.717, 1.165) is 31.6 Å². The monoisotopic (exact) mass is 425 g/mol. The molecule has 1 aromatic rings. The maximum absolute atomic E-state index is 13.0. The first-order valence-electron chi connectivity index (χ1n) is 11.2. The highest BCUT2D eigenvalue weighted by molar-refractivity contribution is 7.91. The zero-order valence-electron chi connectivity index (χ0n) is 17.6. The molecule has 3 fully saturated rings. The van der Waals surface area contributed by atoms with Crippen LogP contribution in [0, 0.1) is 11.8 Å². The fourth-order valence-electron chi connectivity index (χ4n) is 4.59. The van der Waals surface area contributed by atoms with Crippen LogP contribution in [-0.4, -0.2) is 68.1 Å². The largest absolute Gasteiger partial charge is 0.376 e. The Kier molecular flexibility index (Phi) is 6.94. The molecule has 4 rings (SSSR count). The Labute approximate surface area is 174 Å². The third kappa shape index (κ3) is 5.81. The lowest BCUT2D eigenvalue weighted by Gasteiger charge is -2.28. The van der Waals surface area contributed by atoms with E-state index in [2.05, 4.69) is 9.88 Å². The fraction of sp³-hybridized carbons (Fsp3) is 0.857. The zero-order valence-corrected chi connectivity index (χ0v) is 18.4. The molecule has 7 nitrogen and oxygen atoms in total. The van der Waals surface area contributed by atoms with Crippen molar-refractivity contribution in [1.82, 2.24) is 14.5 Å². The molecule has 1 saturated heterocycles. The van der Waals surface area contributed by atoms with Gasteiger partial charge in [-0.1, -0.05) is 19.3 Å². The maximum atomic E-state index is 13.0. The van der Waals surface area contributed by atoms with Gasteiger partial charge in [0, 0.05) is 19.6 Å². The van der Waals surface area contributed by atoms with Crippen molar-refractivity contribution in [1.29, 1.82) is 0 Å². The number of rotatable bonds is 9. The van der Waals surface area contributed by atoms with Gasteiger partial charge in [0.25, 0.3) is 0 Å². The third-order valence-electron chi connectivity index (χ3n) is 6.33. The van der Waals surface area contributed by atoms with Crippen molar-refractivity contribution in [2.24, 2.45) is 11.8 Å². The smallest absolute Gasteiger partial charge is 0.227 e. The highest BCUT2D eigenvalue weighted by Gasteiger charge is 2.33. The van der Waals surface area contributed by atoms with E-state index < -0.39 is 9.84 Å². The molecule has 0 aromatic carbocycles. The molecule has 0 N–H and O–H groups in total. The molecule has 1 aliphatic heterocycles. The number of hydrogen-bond donors (Lipinski definition) is 0. The van der Waals surface area contributed by atoms with Crippen LogP contribution in [0.25, 0.3) is 0 Å². The van der Waals surface area contributed by atoms with Crippen LogP contribution in [0.4, 0.5) is 0 Å². The van der Waals surface area contributed by atoms with E-state index in [1.54, 1.807) is 6.20 Å². The van der Waals surface area contributed by atoms with Crippen LogP contribution in [0.2, 0.25) is 0 Å². The van der Waals surface area contributed by atoms with Crippen LogP contribution < -0.4 is 0 Å². The summed E-state index contributed by atoms with van der Waals surface area (Å²) in [6.07, 6.45) is 10.1. The molecular weight excluding hydrogens is 390 g/mol. The average molecular weight is 426 g/mol. The molecule has 1 atom stereocenters. The number of hydrogen-bond acceptors (Lipinski definition) is 6. The molecule has 0 amide bonds. The fourth-order valence-corrected chi connectivity index (χ4v) is 6.43. The van der Waals surface area contributed by atoms with E-state index in [4.69, 9.17) is 9.47 Å². The lowest BCUT2D eigenvalue weighted by molar-refractivity contribution is -0.0964. The van der Waals surface area contributed by atoms with Gasteiger partial charge >= 0.3 is 0 Å². The molecule has 2 heterocycles. The number of likely N-dealkylation sites (N-methyl/N-ethyl adjacent to an activating group) is 1. The second-order valence-electron chi connectivity index (χ2n) is 9.14. The number of sulfone groups is 1. The number of nitrogens with zero attached hydrogens (tertiary/aromatic N) is 3. The second kappa shape index (κ2) is 9.45. The average Bonchev–Trinajstić information content (AvgIpc) is 3.42. The van der Waals surface area contributed by atoms with E-state index in [1.807, 2.05) is 11.6 Å². The van der Waals surface area contributed by atoms with Gasteiger partial charge in [-0.3, -0.25) is 4.90 Å². The van der Waals surface area contributed by atoms with Crippen LogP contribution in [0.1, 0.15) is 50.6 Å². The Balaban J connectivity index is 1.50. The van der Waals surface area contributed by atoms with E-state index in [0.29, 0.717) is 38.2 Å². The first-order chi connectivity index (χ1) is 14.0. The minimum Gasteiger partial charge on any atom is -0.376 e. The Morgan fingerprint density at radius 1 is 1.14 bits per heavy atom. The van der Waals surface area contributed by atoms with Crippen molar-refractivity contribution in [3.05, 3.63) is 11.9 Å². The predicted octanol–water partition coefficient (Wildman–Crippen LogP) is 2.49. The van der Waals surface area contributed by atoms with Crippen LogP contribution in [0.15, 0.2) is 11.4 Å². The first-order valence-corrected chi connectivity index (χ1v) is 12.8. The first kappa shape index (κ1) is 21.3. The van der Waals surface area contributed by atoms with Gasteiger partial charge in [0.05, 0.1) is 43.6 Å². The quantitative estimate of drug-likeness (QED) is 0.605. The Hall–Kier alpha value is -0.960. The maximum Gasteiger partial charge on any atom is 0.227 e. The number of imidazole rings is 1. The van der Waals surface area contributed by atoms with Crippen molar-refractivity contribution < 1.29 is 17.9 Å². The van der Waals surface area contributed by atoms with Crippen LogP contribution in [0.3, 0.4) is 0 Å². The Bertz CT molecular complexity index is 763. The summed E-state index contributed by atoms with van der Waals surface area (Å²) >= 11 is 0. The normalized spacial score (nSPS) is 24.3. The molecule has 8 heteroatoms. The van der Waals surface area contributed by atoms with Crippen molar-refractivity contribution in [3.8, 4) is 0 Å². The molecule has 0 bridgehead atoms. The molecular formula is C21H35N3O4S. The third-order valence-corrected chi connectivity index (χ3v) is 8.12. The van der Waals surface area contributed by atoms with Gasteiger partial charge in [0.1, 0.15) is 0 Å². The zero-order chi connectivity index (χ0) is 20.3. The van der Waals surface area contributed by atoms with Crippen LogP contribution in [-0.2, 0) is 32.4 Å². The highest BCUT2D eigenvalue weighted by Crippen LogP contribution is 2.33. The Morgan fingerprint density at radius 3 is 2.62 bits per heavy atom. The Morgan fingerprint density at radius 2 is 1.93 bits per heavy atom. The summed E-state index contributed by atoms with van der Waals surface area (Å²) in [5.74, 6) is 1.12. The van der Waals surface area contributed by atoms with Crippen molar-refractivity contribution >= 4 is 9.84 Å². The number of aromatic nitrogens is 2. The van der Waals surface area contributed by atoms with E-state index in [-0.39, 0.29) is 17.0 Å². The van der Waals surface area contributed by atoms with Crippen LogP contribution >= 0.6 is 0 Å². The van der Waals surface area contributed by atoms with Crippen molar-refractivity contribution in [3.63, 3.8) is 0 Å². The van der Waals surface area contributed by atoms with E-state index >= 15 is 0 Å². The molecule has 29 heavy (non-hydrogen) atoms. The number of ether oxygens (including phenoxy) is 2. The van der Waals surface area contributed by atoms with E-state index in [1.165, 1.54) is 32.1 Å². The topological polar surface area (TPSA) is 73.7 Å². The van der Waals surface area contributed by atoms with Gasteiger partial charge < -0.3 is 14.0 Å². The summed E-state index contributed by atoms with van der Waals surface area (Å²) in [4.78, 5) is 6.61. The SMILES string of the molecule is CN(Cc1cnc(S(=O)(=O)CC2CC2)n1CC1CCCCC1)C[C@H]1COCCO1. The summed E-state index contributed by atoms with van der Waals surface area (Å²) in [6, 6.07) is 0. The standard InChI is InChI=1S/C21H35N3O4S/c1-23(14-20-15-27-9-10-28-20)13-19-11-22-21(29(25,26)16-18-7-8-18)24(19)12-17-5-3-2-4-6-17/h11,17-18,20H,2-10,12-16H2,1H3/t20-/m0/s1. The molecule has 2 aliphatic carbocycles. The van der Waals surface area contributed by atoms with Gasteiger partial charge in [0.2, 0.25) is 15.0 Å². The molecule has 1 aromatic heterocycles. The highest BCUT2D eigenvalue weighted by atomic mass is 32.2. The van der Waals surface area contributed by atoms with Gasteiger partial charge in [-0.2, -0.15) is 0 Å². The summed E-state index contributed by atoms with van der Waals surface area (Å²) in [6.45, 7) is 4.12. The van der Waals surface area contributed by atoms with Gasteiger partial charge in [-0.15, -0.1) is 0 Å². The lowest BCUT2D eigenvalue weighted by Crippen LogP contribution is -2.38. The summed E-state index contributed by atoms with van der Waals surface area (Å²) in [5, 5.41) is 0.288.